The maximum absolute atomic E-state index is 12.5. The minimum atomic E-state index is 0.194. The number of carbonyl (C=O) groups is 1. The summed E-state index contributed by atoms with van der Waals surface area (Å²) in [4.78, 5) is 14.4. The van der Waals surface area contributed by atoms with Crippen LogP contribution >= 0.6 is 0 Å². The van der Waals surface area contributed by atoms with Gasteiger partial charge in [0.25, 0.3) is 0 Å². The monoisotopic (exact) mass is 292 g/mol. The van der Waals surface area contributed by atoms with E-state index in [1.54, 1.807) is 0 Å². The average molecular weight is 292 g/mol. The van der Waals surface area contributed by atoms with Crippen molar-refractivity contribution < 1.29 is 4.79 Å². The molecule has 1 unspecified atom stereocenters. The van der Waals surface area contributed by atoms with Crippen molar-refractivity contribution in [3.63, 3.8) is 0 Å². The summed E-state index contributed by atoms with van der Waals surface area (Å²) in [6, 6.07) is 0.337. The van der Waals surface area contributed by atoms with E-state index >= 15 is 0 Å². The fourth-order valence-corrected chi connectivity index (χ4v) is 2.96. The van der Waals surface area contributed by atoms with E-state index in [9.17, 15) is 4.79 Å². The number of aryl methyl sites for hydroxylation is 1. The van der Waals surface area contributed by atoms with Crippen molar-refractivity contribution in [3.8, 4) is 0 Å². The molecule has 1 aliphatic rings. The van der Waals surface area contributed by atoms with Gasteiger partial charge in [-0.3, -0.25) is 9.48 Å². The van der Waals surface area contributed by atoms with Crippen LogP contribution in [-0.4, -0.2) is 46.8 Å². The van der Waals surface area contributed by atoms with Crippen LogP contribution in [0, 0.1) is 19.8 Å². The molecule has 0 radical (unpaired) electrons. The number of hydrogen-bond donors (Lipinski definition) is 1. The molecular formula is C16H28N4O. The van der Waals surface area contributed by atoms with E-state index in [1.807, 2.05) is 23.6 Å². The maximum atomic E-state index is 12.5. The van der Waals surface area contributed by atoms with Crippen molar-refractivity contribution in [2.24, 2.45) is 5.92 Å². The topological polar surface area (TPSA) is 50.2 Å². The molecule has 2 heterocycles. The van der Waals surface area contributed by atoms with E-state index in [4.69, 9.17) is 0 Å². The van der Waals surface area contributed by atoms with Gasteiger partial charge in [-0.2, -0.15) is 5.10 Å². The molecule has 0 aromatic carbocycles. The molecule has 5 heteroatoms. The highest BCUT2D eigenvalue weighted by Crippen LogP contribution is 2.17. The number of carbonyl (C=O) groups excluding carboxylic acids is 1. The molecule has 0 saturated carbocycles. The molecule has 1 fully saturated rings. The van der Waals surface area contributed by atoms with Gasteiger partial charge in [0, 0.05) is 37.4 Å². The Morgan fingerprint density at radius 2 is 2.19 bits per heavy atom. The molecule has 0 spiro atoms. The second-order valence-corrected chi connectivity index (χ2v) is 6.55. The minimum absolute atomic E-state index is 0.194. The van der Waals surface area contributed by atoms with Crippen LogP contribution in [0.25, 0.3) is 0 Å². The predicted molar refractivity (Wildman–Crippen MR) is 84.3 cm³/mol. The molecule has 2 rings (SSSR count). The van der Waals surface area contributed by atoms with Gasteiger partial charge in [-0.15, -0.1) is 0 Å². The van der Waals surface area contributed by atoms with Crippen molar-refractivity contribution >= 4 is 5.91 Å². The molecule has 21 heavy (non-hydrogen) atoms. The normalized spacial score (nSPS) is 18.5. The number of nitrogens with one attached hydrogen (secondary N) is 1. The molecule has 1 saturated heterocycles. The molecule has 0 bridgehead atoms. The molecule has 1 aromatic heterocycles. The maximum Gasteiger partial charge on any atom is 0.227 e. The second-order valence-electron chi connectivity index (χ2n) is 6.55. The van der Waals surface area contributed by atoms with Gasteiger partial charge >= 0.3 is 0 Å². The second kappa shape index (κ2) is 6.60. The third-order valence-corrected chi connectivity index (χ3v) is 4.37. The van der Waals surface area contributed by atoms with Gasteiger partial charge in [-0.1, -0.05) is 13.8 Å². The van der Waals surface area contributed by atoms with Crippen LogP contribution in [0.5, 0.6) is 0 Å². The van der Waals surface area contributed by atoms with Gasteiger partial charge < -0.3 is 10.2 Å². The average Bonchev–Trinajstić information content (AvgIpc) is 3.02. The van der Waals surface area contributed by atoms with E-state index in [0.717, 1.165) is 43.0 Å². The lowest BCUT2D eigenvalue weighted by Crippen LogP contribution is -2.39. The Kier molecular flexibility index (Phi) is 5.04. The molecule has 1 aliphatic heterocycles. The zero-order valence-electron chi connectivity index (χ0n) is 13.9. The Labute approximate surface area is 127 Å². The van der Waals surface area contributed by atoms with Gasteiger partial charge in [0.15, 0.2) is 0 Å². The minimum Gasteiger partial charge on any atom is -0.341 e. The SMILES string of the molecule is Cc1nn(CC(C)C)c(C)c1CC(=O)N(C)C1CCNC1. The molecule has 0 aliphatic carbocycles. The first-order valence-electron chi connectivity index (χ1n) is 7.89. The van der Waals surface area contributed by atoms with Crippen LogP contribution in [0.1, 0.15) is 37.2 Å². The van der Waals surface area contributed by atoms with Crippen LogP contribution in [-0.2, 0) is 17.8 Å². The van der Waals surface area contributed by atoms with Crippen LogP contribution in [0.2, 0.25) is 0 Å². The highest BCUT2D eigenvalue weighted by Gasteiger charge is 2.24. The summed E-state index contributed by atoms with van der Waals surface area (Å²) in [5.74, 6) is 0.748. The number of aromatic nitrogens is 2. The van der Waals surface area contributed by atoms with Gasteiger partial charge in [-0.05, 0) is 32.7 Å². The lowest BCUT2D eigenvalue weighted by molar-refractivity contribution is -0.130. The lowest BCUT2D eigenvalue weighted by atomic mass is 10.1. The van der Waals surface area contributed by atoms with Crippen LogP contribution in [0.4, 0.5) is 0 Å². The molecule has 1 N–H and O–H groups in total. The Morgan fingerprint density at radius 3 is 2.76 bits per heavy atom. The Bertz CT molecular complexity index is 501. The lowest BCUT2D eigenvalue weighted by Gasteiger charge is -2.23. The van der Waals surface area contributed by atoms with Gasteiger partial charge in [0.1, 0.15) is 0 Å². The first-order chi connectivity index (χ1) is 9.90. The quantitative estimate of drug-likeness (QED) is 0.895. The number of nitrogens with zero attached hydrogens (tertiary/aromatic N) is 3. The number of hydrogen-bond acceptors (Lipinski definition) is 3. The van der Waals surface area contributed by atoms with Crippen molar-refractivity contribution in [2.45, 2.75) is 53.1 Å². The van der Waals surface area contributed by atoms with Gasteiger partial charge in [0.2, 0.25) is 5.91 Å². The highest BCUT2D eigenvalue weighted by molar-refractivity contribution is 5.79. The van der Waals surface area contributed by atoms with E-state index in [-0.39, 0.29) is 5.91 Å². The summed E-state index contributed by atoms with van der Waals surface area (Å²) in [6.45, 7) is 11.3. The molecular weight excluding hydrogens is 264 g/mol. The zero-order valence-corrected chi connectivity index (χ0v) is 13.9. The molecule has 1 aromatic rings. The largest absolute Gasteiger partial charge is 0.341 e. The first kappa shape index (κ1) is 16.0. The summed E-state index contributed by atoms with van der Waals surface area (Å²) in [6.07, 6.45) is 1.51. The Morgan fingerprint density at radius 1 is 1.48 bits per heavy atom. The summed E-state index contributed by atoms with van der Waals surface area (Å²) >= 11 is 0. The third-order valence-electron chi connectivity index (χ3n) is 4.37. The highest BCUT2D eigenvalue weighted by atomic mass is 16.2. The van der Waals surface area contributed by atoms with Crippen molar-refractivity contribution in [1.82, 2.24) is 20.0 Å². The summed E-state index contributed by atoms with van der Waals surface area (Å²) in [7, 11) is 1.92. The molecule has 1 atom stereocenters. The van der Waals surface area contributed by atoms with Crippen LogP contribution in [0.15, 0.2) is 0 Å². The van der Waals surface area contributed by atoms with Gasteiger partial charge in [0.05, 0.1) is 12.1 Å². The Hall–Kier alpha value is -1.36. The van der Waals surface area contributed by atoms with Crippen LogP contribution < -0.4 is 5.32 Å². The predicted octanol–water partition coefficient (Wildman–Crippen LogP) is 1.52. The van der Waals surface area contributed by atoms with E-state index in [0.29, 0.717) is 18.4 Å². The number of likely N-dealkylation sites (N-methyl/N-ethyl adjacent to an activating group) is 1. The third kappa shape index (κ3) is 3.64. The van der Waals surface area contributed by atoms with E-state index in [1.165, 1.54) is 0 Å². The van der Waals surface area contributed by atoms with Crippen molar-refractivity contribution in [3.05, 3.63) is 17.0 Å². The van der Waals surface area contributed by atoms with Crippen molar-refractivity contribution in [1.29, 1.82) is 0 Å². The fourth-order valence-electron chi connectivity index (χ4n) is 2.96. The summed E-state index contributed by atoms with van der Waals surface area (Å²) in [5.41, 5.74) is 3.21. The van der Waals surface area contributed by atoms with Crippen molar-refractivity contribution in [2.75, 3.05) is 20.1 Å². The smallest absolute Gasteiger partial charge is 0.227 e. The van der Waals surface area contributed by atoms with Gasteiger partial charge in [-0.25, -0.2) is 0 Å². The molecule has 1 amide bonds. The summed E-state index contributed by atoms with van der Waals surface area (Å²) in [5, 5.41) is 7.90. The first-order valence-corrected chi connectivity index (χ1v) is 7.89. The van der Waals surface area contributed by atoms with E-state index < -0.39 is 0 Å². The van der Waals surface area contributed by atoms with Crippen LogP contribution in [0.3, 0.4) is 0 Å². The van der Waals surface area contributed by atoms with E-state index in [2.05, 4.69) is 31.2 Å². The summed E-state index contributed by atoms with van der Waals surface area (Å²) < 4.78 is 2.04. The zero-order chi connectivity index (χ0) is 15.6. The number of rotatable bonds is 5. The standard InChI is InChI=1S/C16H28N4O/c1-11(2)10-20-13(4)15(12(3)18-20)8-16(21)19(5)14-6-7-17-9-14/h11,14,17H,6-10H2,1-5H3. The Balaban J connectivity index is 2.08. The number of amides is 1. The molecule has 5 nitrogen and oxygen atoms in total. The molecule has 118 valence electrons. The fraction of sp³-hybridized carbons (Fsp3) is 0.750.